The first-order valence-corrected chi connectivity index (χ1v) is 22.0. The number of fused-ring (bicyclic) bond motifs is 12. The minimum atomic E-state index is 0. The van der Waals surface area contributed by atoms with Gasteiger partial charge >= 0.3 is 0 Å². The van der Waals surface area contributed by atoms with Crippen LogP contribution < -0.4 is 0 Å². The molecule has 6 heterocycles. The third-order valence-corrected chi connectivity index (χ3v) is 9.00. The molecule has 80 heavy (non-hydrogen) atoms. The molecule has 0 aliphatic carbocycles. The van der Waals surface area contributed by atoms with Crippen LogP contribution in [-0.2, 0) is 40.2 Å². The van der Waals surface area contributed by atoms with E-state index in [1.807, 2.05) is 40.9 Å². The summed E-state index contributed by atoms with van der Waals surface area (Å²) in [7, 11) is 0. The van der Waals surface area contributed by atoms with Gasteiger partial charge in [0, 0.05) is 194 Å². The van der Waals surface area contributed by atoms with E-state index in [1.165, 1.54) is 37.8 Å². The first-order valence-electron chi connectivity index (χ1n) is 22.0. The van der Waals surface area contributed by atoms with Crippen LogP contribution in [0.25, 0.3) is 54.6 Å². The second-order valence-electron chi connectivity index (χ2n) is 13.5. The molecule has 6 aromatic heterocycles. The number of hydrogen-bond donors (Lipinski definition) is 0. The first-order chi connectivity index (χ1) is 38.3. The SMILES string of the molecule is C.[C-]#CC#CC#CC#CC#CC#CC#CC#CC#CC#CC#CC#CC#CC#CC#CC#CC#CC#CC#CC#CC#CC.[Ir].[Ir].[c-]1ccc2c3ccccc3c3cccnc3n12.c1ccc2c(c1)c1cccnc1n1cccc21. The van der Waals surface area contributed by atoms with Gasteiger partial charge in [-0.25, -0.2) is 10.9 Å². The van der Waals surface area contributed by atoms with Crippen LogP contribution in [0.15, 0.2) is 116 Å². The molecule has 0 amide bonds. The molecule has 4 nitrogen and oxygen atoms in total. The van der Waals surface area contributed by atoms with Crippen molar-refractivity contribution in [1.82, 2.24) is 18.8 Å². The minimum absolute atomic E-state index is 0. The van der Waals surface area contributed by atoms with Crippen LogP contribution >= 0.6 is 0 Å². The van der Waals surface area contributed by atoms with Crippen molar-refractivity contribution in [3.05, 3.63) is 128 Å². The topological polar surface area (TPSA) is 34.6 Å². The maximum Gasteiger partial charge on any atom is 0.144 e. The zero-order valence-electron chi connectivity index (χ0n) is 40.9. The number of aromatic nitrogens is 4. The van der Waals surface area contributed by atoms with E-state index in [0.29, 0.717) is 0 Å². The Morgan fingerprint density at radius 1 is 0.338 bits per heavy atom. The van der Waals surface area contributed by atoms with Gasteiger partial charge < -0.3 is 15.2 Å². The van der Waals surface area contributed by atoms with Crippen LogP contribution in [0.3, 0.4) is 0 Å². The standard InChI is InChI=1S/C43H3.C15H10N2.C15H9N2.CH4.2Ir/c1-3-5-7-9-11-13-15-17-19-21-23-25-27-29-31-33-35-37-39-41-43-42-40-38-36-34-32-30-28-26-24-22-20-18-16-14-12-10-8-6-4-2;2*1-2-6-12-11(5-1)13-7-3-9-16-15(13)17-10-4-8-14(12)17;;;/h1H3;1-10H;1-9H;1H4;;/q-1;;-1;;;. The zero-order valence-corrected chi connectivity index (χ0v) is 45.7. The molecule has 2 radical (unpaired) electrons. The fourth-order valence-electron chi connectivity index (χ4n) is 6.22. The van der Waals surface area contributed by atoms with Gasteiger partial charge in [-0.2, -0.15) is 6.07 Å². The van der Waals surface area contributed by atoms with Gasteiger partial charge in [0.1, 0.15) is 5.65 Å². The summed E-state index contributed by atoms with van der Waals surface area (Å²) in [5, 5.41) is 7.40. The summed E-state index contributed by atoms with van der Waals surface area (Å²) >= 11 is 0. The monoisotopic (exact) mass is 1360 g/mol. The van der Waals surface area contributed by atoms with Crippen LogP contribution in [0, 0.1) is 255 Å². The van der Waals surface area contributed by atoms with Crippen molar-refractivity contribution in [3.63, 3.8) is 0 Å². The normalized spacial score (nSPS) is 7.00. The van der Waals surface area contributed by atoms with Crippen LogP contribution in [0.4, 0.5) is 0 Å². The molecule has 0 saturated heterocycles. The predicted molar refractivity (Wildman–Crippen MR) is 314 cm³/mol. The quantitative estimate of drug-likeness (QED) is 0.0870. The van der Waals surface area contributed by atoms with Gasteiger partial charge in [0.2, 0.25) is 0 Å². The third-order valence-electron chi connectivity index (χ3n) is 9.00. The van der Waals surface area contributed by atoms with Crippen molar-refractivity contribution < 1.29 is 40.2 Å². The van der Waals surface area contributed by atoms with Crippen molar-refractivity contribution in [1.29, 1.82) is 0 Å². The second kappa shape index (κ2) is 38.0. The molecule has 8 rings (SSSR count). The molecule has 0 spiro atoms. The molecule has 2 aromatic carbocycles. The molecule has 0 saturated carbocycles. The summed E-state index contributed by atoms with van der Waals surface area (Å²) in [5.41, 5.74) is 4.36. The van der Waals surface area contributed by atoms with Gasteiger partial charge in [0.25, 0.3) is 0 Å². The molecule has 0 aliphatic rings. The number of benzene rings is 2. The summed E-state index contributed by atoms with van der Waals surface area (Å²) < 4.78 is 4.18. The third kappa shape index (κ3) is 20.3. The van der Waals surface area contributed by atoms with Crippen LogP contribution in [0.5, 0.6) is 0 Å². The Balaban J connectivity index is 0.000000363. The average molecular weight is 1360 g/mol. The zero-order chi connectivity index (χ0) is 53.5. The van der Waals surface area contributed by atoms with E-state index < -0.39 is 0 Å². The predicted octanol–water partition coefficient (Wildman–Crippen LogP) is 8.38. The molecule has 0 unspecified atom stereocenters. The van der Waals surface area contributed by atoms with E-state index in [1.54, 1.807) is 6.92 Å². The Morgan fingerprint density at radius 3 is 1.02 bits per heavy atom. The summed E-state index contributed by atoms with van der Waals surface area (Å²) in [5.74, 6) is 101. The van der Waals surface area contributed by atoms with E-state index >= 15 is 0 Å². The Bertz CT molecular complexity index is 4880. The Morgan fingerprint density at radius 2 is 0.650 bits per heavy atom. The second-order valence-corrected chi connectivity index (χ2v) is 13.5. The fourth-order valence-corrected chi connectivity index (χ4v) is 6.22. The van der Waals surface area contributed by atoms with Gasteiger partial charge in [-0.15, -0.1) is 12.0 Å². The van der Waals surface area contributed by atoms with E-state index in [0.717, 1.165) is 16.8 Å². The number of rotatable bonds is 0. The minimum Gasteiger partial charge on any atom is -0.428 e. The molecular weight excluding hydrogens is 1330 g/mol. The van der Waals surface area contributed by atoms with E-state index in [2.05, 4.69) is 342 Å². The molecule has 6 heteroatoms. The average Bonchev–Trinajstić information content (AvgIpc) is 4.23. The number of nitrogens with zero attached hydrogens (tertiary/aromatic N) is 4. The van der Waals surface area contributed by atoms with Crippen LogP contribution in [-0.4, -0.2) is 18.8 Å². The smallest absolute Gasteiger partial charge is 0.144 e. The Labute approximate surface area is 495 Å². The molecule has 0 atom stereocenters. The molecule has 362 valence electrons. The van der Waals surface area contributed by atoms with Crippen LogP contribution in [0.2, 0.25) is 0 Å². The maximum absolute atomic E-state index is 6.56. The summed E-state index contributed by atoms with van der Waals surface area (Å²) in [6, 6.07) is 33.3. The Kier molecular flexibility index (Phi) is 29.3. The first kappa shape index (κ1) is 61.7. The molecule has 0 N–H and O–H groups in total. The van der Waals surface area contributed by atoms with Gasteiger partial charge in [-0.1, -0.05) is 79.7 Å². The molecule has 0 fully saturated rings. The summed E-state index contributed by atoms with van der Waals surface area (Å²) in [6.07, 6.45) is 15.5. The molecular formula is C74H26Ir2N4-2. The van der Waals surface area contributed by atoms with Crippen molar-refractivity contribution in [2.24, 2.45) is 0 Å². The fraction of sp³-hybridized carbons (Fsp3) is 0.0270. The van der Waals surface area contributed by atoms with Crippen LogP contribution in [0.1, 0.15) is 14.4 Å². The van der Waals surface area contributed by atoms with E-state index in [4.69, 9.17) is 6.42 Å². The Hall–Kier alpha value is -12.6. The molecule has 0 aliphatic heterocycles. The largest absolute Gasteiger partial charge is 0.428 e. The number of pyridine rings is 4. The van der Waals surface area contributed by atoms with Gasteiger partial charge in [0.05, 0.1) is 11.2 Å². The van der Waals surface area contributed by atoms with E-state index in [9.17, 15) is 0 Å². The van der Waals surface area contributed by atoms with E-state index in [-0.39, 0.29) is 47.6 Å². The van der Waals surface area contributed by atoms with Gasteiger partial charge in [-0.3, -0.25) is 10.9 Å². The summed E-state index contributed by atoms with van der Waals surface area (Å²) in [6.45, 7) is 1.69. The molecule has 0 bridgehead atoms. The number of hydrogen-bond acceptors (Lipinski definition) is 2. The van der Waals surface area contributed by atoms with Gasteiger partial charge in [0.15, 0.2) is 0 Å². The van der Waals surface area contributed by atoms with Crippen molar-refractivity contribution >= 4 is 54.6 Å². The van der Waals surface area contributed by atoms with Gasteiger partial charge in [-0.05, 0) is 154 Å². The molecule has 8 aromatic rings. The van der Waals surface area contributed by atoms with Crippen molar-refractivity contribution in [2.45, 2.75) is 14.4 Å². The van der Waals surface area contributed by atoms with Crippen molar-refractivity contribution in [2.75, 3.05) is 0 Å². The summed E-state index contributed by atoms with van der Waals surface area (Å²) in [4.78, 5) is 8.96. The van der Waals surface area contributed by atoms with Crippen molar-refractivity contribution in [3.8, 4) is 243 Å². The maximum atomic E-state index is 6.56.